The van der Waals surface area contributed by atoms with E-state index in [9.17, 15) is 0 Å². The molecule has 2 aromatic heterocycles. The first kappa shape index (κ1) is 20.6. The van der Waals surface area contributed by atoms with E-state index in [0.717, 1.165) is 27.6 Å². The van der Waals surface area contributed by atoms with E-state index in [0.29, 0.717) is 18.3 Å². The summed E-state index contributed by atoms with van der Waals surface area (Å²) < 4.78 is 3.68. The van der Waals surface area contributed by atoms with E-state index >= 15 is 0 Å². The lowest BCUT2D eigenvalue weighted by Gasteiger charge is -2.15. The molecule has 152 valence electrons. The topological polar surface area (TPSA) is 72.8 Å². The number of nitrogens with zero attached hydrogens (tertiary/aromatic N) is 4. The van der Waals surface area contributed by atoms with E-state index in [2.05, 4.69) is 25.3 Å². The van der Waals surface area contributed by atoms with E-state index in [1.807, 2.05) is 48.5 Å². The van der Waals surface area contributed by atoms with Crippen LogP contribution in [0.3, 0.4) is 0 Å². The molecule has 0 aliphatic carbocycles. The molecule has 0 fully saturated rings. The van der Waals surface area contributed by atoms with Gasteiger partial charge in [-0.2, -0.15) is 9.97 Å². The Hall–Kier alpha value is -2.67. The maximum Gasteiger partial charge on any atom is 0.250 e. The number of halogens is 3. The molecular weight excluding hydrogens is 445 g/mol. The van der Waals surface area contributed by atoms with Crippen LogP contribution in [-0.4, -0.2) is 27.0 Å². The molecule has 0 amide bonds. The van der Waals surface area contributed by atoms with Gasteiger partial charge >= 0.3 is 0 Å². The minimum atomic E-state index is -1.80. The minimum Gasteiger partial charge on any atom is -0.496 e. The average molecular weight is 461 g/mol. The van der Waals surface area contributed by atoms with E-state index in [1.54, 1.807) is 19.5 Å². The van der Waals surface area contributed by atoms with Crippen molar-refractivity contribution in [1.82, 2.24) is 19.9 Å². The van der Waals surface area contributed by atoms with Crippen LogP contribution in [-0.2, 0) is 10.3 Å². The fourth-order valence-corrected chi connectivity index (χ4v) is 3.28. The van der Waals surface area contributed by atoms with Gasteiger partial charge in [0.25, 0.3) is 0 Å². The molecule has 0 unspecified atom stereocenters. The Morgan fingerprint density at radius 3 is 2.33 bits per heavy atom. The first-order valence-electron chi connectivity index (χ1n) is 8.98. The Bertz CT molecular complexity index is 1180. The first-order chi connectivity index (χ1) is 14.5. The molecule has 0 bridgehead atoms. The SMILES string of the molecule is COc1ccc(-c2nc(NCc3ccncc3)nc(C(Cl)(Cl)Cl)n2)c2ccccc12. The van der Waals surface area contributed by atoms with Crippen LogP contribution in [0.25, 0.3) is 22.2 Å². The highest BCUT2D eigenvalue weighted by molar-refractivity contribution is 6.66. The minimum absolute atomic E-state index is 0.0367. The summed E-state index contributed by atoms with van der Waals surface area (Å²) in [6, 6.07) is 15.3. The van der Waals surface area contributed by atoms with Crippen molar-refractivity contribution < 1.29 is 4.74 Å². The zero-order valence-corrected chi connectivity index (χ0v) is 18.1. The van der Waals surface area contributed by atoms with Crippen molar-refractivity contribution in [2.24, 2.45) is 0 Å². The number of rotatable bonds is 5. The molecule has 0 atom stereocenters. The summed E-state index contributed by atoms with van der Waals surface area (Å²) in [6.45, 7) is 0.481. The molecule has 0 radical (unpaired) electrons. The van der Waals surface area contributed by atoms with Crippen LogP contribution < -0.4 is 10.1 Å². The highest BCUT2D eigenvalue weighted by atomic mass is 35.6. The summed E-state index contributed by atoms with van der Waals surface area (Å²) in [5, 5.41) is 5.01. The van der Waals surface area contributed by atoms with Crippen molar-refractivity contribution in [3.63, 3.8) is 0 Å². The van der Waals surface area contributed by atoms with E-state index in [-0.39, 0.29) is 5.82 Å². The number of hydrogen-bond acceptors (Lipinski definition) is 6. The summed E-state index contributed by atoms with van der Waals surface area (Å²) in [5.74, 6) is 1.48. The zero-order valence-electron chi connectivity index (χ0n) is 15.8. The summed E-state index contributed by atoms with van der Waals surface area (Å²) in [4.78, 5) is 17.3. The lowest BCUT2D eigenvalue weighted by atomic mass is 10.0. The number of anilines is 1. The second-order valence-corrected chi connectivity index (χ2v) is 8.66. The summed E-state index contributed by atoms with van der Waals surface area (Å²) in [5.41, 5.74) is 1.79. The quantitative estimate of drug-likeness (QED) is 0.395. The third-order valence-electron chi connectivity index (χ3n) is 4.43. The van der Waals surface area contributed by atoms with Crippen molar-refractivity contribution in [1.29, 1.82) is 0 Å². The van der Waals surface area contributed by atoms with Crippen LogP contribution in [0, 0.1) is 0 Å². The number of fused-ring (bicyclic) bond motifs is 1. The second kappa shape index (κ2) is 8.60. The van der Waals surface area contributed by atoms with Crippen molar-refractivity contribution in [3.8, 4) is 17.1 Å². The van der Waals surface area contributed by atoms with Crippen molar-refractivity contribution >= 4 is 51.5 Å². The van der Waals surface area contributed by atoms with Gasteiger partial charge in [-0.15, -0.1) is 0 Å². The zero-order chi connectivity index (χ0) is 21.1. The van der Waals surface area contributed by atoms with Gasteiger partial charge in [0.2, 0.25) is 9.74 Å². The number of nitrogens with one attached hydrogen (secondary N) is 1. The predicted octanol–water partition coefficient (Wildman–Crippen LogP) is 5.53. The fraction of sp³-hybridized carbons (Fsp3) is 0.143. The monoisotopic (exact) mass is 459 g/mol. The first-order valence-corrected chi connectivity index (χ1v) is 10.1. The van der Waals surface area contributed by atoms with Gasteiger partial charge in [0, 0.05) is 29.9 Å². The smallest absolute Gasteiger partial charge is 0.250 e. The molecule has 0 aliphatic rings. The lowest BCUT2D eigenvalue weighted by molar-refractivity contribution is 0.420. The van der Waals surface area contributed by atoms with Gasteiger partial charge in [-0.3, -0.25) is 4.98 Å². The number of alkyl halides is 3. The second-order valence-electron chi connectivity index (χ2n) is 6.37. The van der Waals surface area contributed by atoms with Gasteiger partial charge in [-0.05, 0) is 35.2 Å². The largest absolute Gasteiger partial charge is 0.496 e. The normalized spacial score (nSPS) is 11.5. The Kier molecular flexibility index (Phi) is 5.90. The summed E-state index contributed by atoms with van der Waals surface area (Å²) in [7, 11) is 1.63. The van der Waals surface area contributed by atoms with Crippen LogP contribution in [0.4, 0.5) is 5.95 Å². The molecule has 6 nitrogen and oxygen atoms in total. The lowest BCUT2D eigenvalue weighted by Crippen LogP contribution is -2.13. The molecule has 0 saturated heterocycles. The summed E-state index contributed by atoms with van der Waals surface area (Å²) in [6.07, 6.45) is 3.43. The van der Waals surface area contributed by atoms with Gasteiger partial charge in [-0.25, -0.2) is 4.98 Å². The molecule has 30 heavy (non-hydrogen) atoms. The Morgan fingerprint density at radius 2 is 1.63 bits per heavy atom. The van der Waals surface area contributed by atoms with E-state index < -0.39 is 3.79 Å². The number of aromatic nitrogens is 4. The highest BCUT2D eigenvalue weighted by Gasteiger charge is 2.29. The highest BCUT2D eigenvalue weighted by Crippen LogP contribution is 2.38. The molecular formula is C21H16Cl3N5O. The number of methoxy groups -OCH3 is 1. The number of ether oxygens (including phenoxy) is 1. The predicted molar refractivity (Wildman–Crippen MR) is 120 cm³/mol. The Balaban J connectivity index is 1.81. The van der Waals surface area contributed by atoms with Crippen LogP contribution in [0.2, 0.25) is 0 Å². The molecule has 0 aliphatic heterocycles. The average Bonchev–Trinajstić information content (AvgIpc) is 2.77. The molecule has 4 aromatic rings. The van der Waals surface area contributed by atoms with Crippen molar-refractivity contribution in [2.45, 2.75) is 10.3 Å². The molecule has 0 saturated carbocycles. The summed E-state index contributed by atoms with van der Waals surface area (Å²) >= 11 is 18.3. The molecule has 2 aromatic carbocycles. The van der Waals surface area contributed by atoms with Crippen LogP contribution in [0.1, 0.15) is 11.4 Å². The molecule has 0 spiro atoms. The number of hydrogen-bond donors (Lipinski definition) is 1. The number of benzene rings is 2. The fourth-order valence-electron chi connectivity index (χ4n) is 3.03. The van der Waals surface area contributed by atoms with Crippen molar-refractivity contribution in [3.05, 3.63) is 72.3 Å². The molecule has 2 heterocycles. The van der Waals surface area contributed by atoms with Gasteiger partial charge in [0.1, 0.15) is 5.75 Å². The third kappa shape index (κ3) is 4.41. The number of pyridine rings is 1. The van der Waals surface area contributed by atoms with Crippen LogP contribution in [0.5, 0.6) is 5.75 Å². The Morgan fingerprint density at radius 1 is 0.900 bits per heavy atom. The standard InChI is InChI=1S/C21H16Cl3N5O/c1-30-17-7-6-16(14-4-2-3-5-15(14)17)18-27-19(21(22,23)24)29-20(28-18)26-12-13-8-10-25-11-9-13/h2-11H,12H2,1H3,(H,26,27,28,29). The third-order valence-corrected chi connectivity index (χ3v) is 4.94. The van der Waals surface area contributed by atoms with Gasteiger partial charge in [-0.1, -0.05) is 59.1 Å². The van der Waals surface area contributed by atoms with Crippen molar-refractivity contribution in [2.75, 3.05) is 12.4 Å². The van der Waals surface area contributed by atoms with Gasteiger partial charge in [0.05, 0.1) is 7.11 Å². The van der Waals surface area contributed by atoms with E-state index in [4.69, 9.17) is 39.5 Å². The van der Waals surface area contributed by atoms with Crippen LogP contribution >= 0.6 is 34.8 Å². The van der Waals surface area contributed by atoms with Gasteiger partial charge < -0.3 is 10.1 Å². The maximum absolute atomic E-state index is 6.10. The van der Waals surface area contributed by atoms with Crippen LogP contribution in [0.15, 0.2) is 60.9 Å². The molecule has 4 rings (SSSR count). The van der Waals surface area contributed by atoms with E-state index in [1.165, 1.54) is 0 Å². The molecule has 9 heteroatoms. The maximum atomic E-state index is 6.10. The Labute approximate surface area is 188 Å². The molecule has 1 N–H and O–H groups in total. The van der Waals surface area contributed by atoms with Gasteiger partial charge in [0.15, 0.2) is 11.6 Å².